The number of fused-ring (bicyclic) bond motifs is 3. The molecule has 46 heavy (non-hydrogen) atoms. The van der Waals surface area contributed by atoms with Crippen LogP contribution in [0.4, 0.5) is 23.4 Å². The number of piperazine rings is 1. The molecule has 4 aromatic rings. The third-order valence-electron chi connectivity index (χ3n) is 10.0. The van der Waals surface area contributed by atoms with Crippen LogP contribution >= 0.6 is 0 Å². The van der Waals surface area contributed by atoms with Crippen LogP contribution in [-0.4, -0.2) is 75.4 Å². The summed E-state index contributed by atoms with van der Waals surface area (Å²) < 4.78 is 64.9. The second-order valence-corrected chi connectivity index (χ2v) is 12.9. The summed E-state index contributed by atoms with van der Waals surface area (Å²) in [6.45, 7) is 2.94. The van der Waals surface area contributed by atoms with Gasteiger partial charge in [-0.1, -0.05) is 12.0 Å². The molecule has 0 radical (unpaired) electrons. The number of phenolic OH excluding ortho intramolecular Hbond substituents is 1. The number of phenols is 1. The third kappa shape index (κ3) is 4.63. The number of benzene rings is 2. The molecule has 3 saturated heterocycles. The summed E-state index contributed by atoms with van der Waals surface area (Å²) in [6, 6.07) is 5.31. The first kappa shape index (κ1) is 29.0. The molecule has 4 fully saturated rings. The van der Waals surface area contributed by atoms with Crippen LogP contribution in [0.15, 0.2) is 42.1 Å². The molecular weight excluding hydrogens is 600 g/mol. The van der Waals surface area contributed by atoms with Crippen LogP contribution in [-0.2, 0) is 0 Å². The lowest BCUT2D eigenvalue weighted by Crippen LogP contribution is -2.52. The first-order valence-corrected chi connectivity index (χ1v) is 15.4. The van der Waals surface area contributed by atoms with Gasteiger partial charge in [-0.15, -0.1) is 6.42 Å². The van der Waals surface area contributed by atoms with E-state index in [2.05, 4.69) is 26.1 Å². The van der Waals surface area contributed by atoms with Gasteiger partial charge in [0.15, 0.2) is 5.82 Å². The highest BCUT2D eigenvalue weighted by Crippen LogP contribution is 2.44. The van der Waals surface area contributed by atoms with Crippen LogP contribution in [0, 0.1) is 24.0 Å². The lowest BCUT2D eigenvalue weighted by atomic mass is 9.94. The topological polar surface area (TPSA) is 86.6 Å². The zero-order chi connectivity index (χ0) is 31.8. The van der Waals surface area contributed by atoms with Crippen molar-refractivity contribution >= 4 is 27.5 Å². The molecule has 8 nitrogen and oxygen atoms in total. The number of aromatic hydroxyl groups is 1. The molecule has 5 heterocycles. The highest BCUT2D eigenvalue weighted by atomic mass is 19.3. The van der Waals surface area contributed by atoms with Crippen molar-refractivity contribution in [3.63, 3.8) is 0 Å². The average Bonchev–Trinajstić information content (AvgIpc) is 3.49. The van der Waals surface area contributed by atoms with Crippen LogP contribution in [0.5, 0.6) is 11.8 Å². The summed E-state index contributed by atoms with van der Waals surface area (Å²) in [5.41, 5.74) is -0.718. The number of hydrogen-bond donors (Lipinski definition) is 2. The van der Waals surface area contributed by atoms with Crippen molar-refractivity contribution in [1.29, 1.82) is 0 Å². The van der Waals surface area contributed by atoms with Gasteiger partial charge in [0.25, 0.3) is 6.08 Å². The van der Waals surface area contributed by atoms with Gasteiger partial charge in [0.2, 0.25) is 0 Å². The fourth-order valence-corrected chi connectivity index (χ4v) is 7.56. The van der Waals surface area contributed by atoms with E-state index < -0.39 is 23.3 Å². The van der Waals surface area contributed by atoms with Crippen molar-refractivity contribution in [3.8, 4) is 35.4 Å². The normalized spacial score (nSPS) is 22.1. The molecule has 1 spiro atoms. The average molecular weight is 631 g/mol. The number of rotatable bonds is 5. The molecule has 2 aromatic heterocycles. The van der Waals surface area contributed by atoms with Crippen LogP contribution < -0.4 is 15.0 Å². The fourth-order valence-electron chi connectivity index (χ4n) is 7.56. The molecule has 0 bridgehead atoms. The Kier molecular flexibility index (Phi) is 6.63. The highest BCUT2D eigenvalue weighted by Gasteiger charge is 2.49. The van der Waals surface area contributed by atoms with E-state index >= 15 is 4.39 Å². The number of nitrogens with one attached hydrogen (secondary N) is 1. The van der Waals surface area contributed by atoms with Gasteiger partial charge in [0.05, 0.1) is 16.5 Å². The molecule has 0 amide bonds. The Balaban J connectivity index is 1.26. The number of anilines is 1. The van der Waals surface area contributed by atoms with Gasteiger partial charge in [-0.05, 0) is 62.2 Å². The first-order chi connectivity index (χ1) is 22.2. The SMILES string of the molecule is C#Cc1c(F)ccc2cc(O)cc(-c3ncc4c(N5CCNC6(CC6)C5)nc(OCC56CCCN5CC(=C(F)F)C6)nc4c3F)c12. The summed E-state index contributed by atoms with van der Waals surface area (Å²) >= 11 is 0. The van der Waals surface area contributed by atoms with E-state index in [0.717, 1.165) is 19.3 Å². The maximum atomic E-state index is 16.8. The smallest absolute Gasteiger partial charge is 0.319 e. The second kappa shape index (κ2) is 10.5. The maximum absolute atomic E-state index is 16.8. The van der Waals surface area contributed by atoms with E-state index in [1.54, 1.807) is 0 Å². The van der Waals surface area contributed by atoms with Gasteiger partial charge in [0.1, 0.15) is 35.2 Å². The molecule has 2 N–H and O–H groups in total. The molecule has 1 saturated carbocycles. The van der Waals surface area contributed by atoms with Gasteiger partial charge in [-0.3, -0.25) is 9.88 Å². The molecule has 4 aliphatic rings. The van der Waals surface area contributed by atoms with E-state index in [0.29, 0.717) is 49.2 Å². The van der Waals surface area contributed by atoms with E-state index in [1.165, 1.54) is 30.5 Å². The summed E-state index contributed by atoms with van der Waals surface area (Å²) in [4.78, 5) is 17.8. The molecule has 2 aromatic carbocycles. The van der Waals surface area contributed by atoms with Crippen LogP contribution in [0.2, 0.25) is 0 Å². The van der Waals surface area contributed by atoms with Gasteiger partial charge < -0.3 is 20.1 Å². The molecule has 1 atom stereocenters. The number of aromatic nitrogens is 3. The van der Waals surface area contributed by atoms with E-state index in [9.17, 15) is 18.3 Å². The van der Waals surface area contributed by atoms with Crippen LogP contribution in [0.3, 0.4) is 0 Å². The molecule has 8 rings (SSSR count). The number of halogens is 4. The largest absolute Gasteiger partial charge is 0.508 e. The predicted molar refractivity (Wildman–Crippen MR) is 165 cm³/mol. The fraction of sp³-hybridized carbons (Fsp3) is 0.382. The zero-order valence-electron chi connectivity index (χ0n) is 24.8. The summed E-state index contributed by atoms with van der Waals surface area (Å²) in [7, 11) is 0. The quantitative estimate of drug-likeness (QED) is 0.220. The standard InChI is InChI=1S/C34H30F4N6O2/c1-2-22-25(35)5-4-19-12-21(45)13-23(26(19)22)28-27(36)29-24(15-39-28)31(43-11-9-40-33(17-43)7-8-33)42-32(41-29)46-18-34-6-3-10-44(34)16-20(14-34)30(37)38/h1,4-5,12-13,15,40,45H,3,6-11,14,16-18H2. The van der Waals surface area contributed by atoms with Crippen molar-refractivity contribution in [2.75, 3.05) is 44.2 Å². The van der Waals surface area contributed by atoms with E-state index in [-0.39, 0.29) is 70.2 Å². The molecule has 1 unspecified atom stereocenters. The second-order valence-electron chi connectivity index (χ2n) is 12.9. The first-order valence-electron chi connectivity index (χ1n) is 15.4. The Morgan fingerprint density at radius 1 is 1.13 bits per heavy atom. The van der Waals surface area contributed by atoms with Gasteiger partial charge in [-0.25, -0.2) is 8.78 Å². The number of pyridine rings is 1. The monoisotopic (exact) mass is 630 g/mol. The highest BCUT2D eigenvalue weighted by molar-refractivity contribution is 6.03. The van der Waals surface area contributed by atoms with Crippen molar-refractivity contribution in [2.45, 2.75) is 43.2 Å². The molecule has 236 valence electrons. The summed E-state index contributed by atoms with van der Waals surface area (Å²) in [6.07, 6.45) is 9.27. The Labute approximate surface area is 262 Å². The van der Waals surface area contributed by atoms with Gasteiger partial charge in [0, 0.05) is 54.4 Å². The molecule has 1 aliphatic carbocycles. The molecular formula is C34H30F4N6O2. The van der Waals surface area contributed by atoms with Crippen molar-refractivity contribution in [3.05, 3.63) is 59.3 Å². The Morgan fingerprint density at radius 3 is 2.76 bits per heavy atom. The predicted octanol–water partition coefficient (Wildman–Crippen LogP) is 5.52. The van der Waals surface area contributed by atoms with Gasteiger partial charge in [-0.2, -0.15) is 18.7 Å². The Bertz CT molecular complexity index is 2000. The third-order valence-corrected chi connectivity index (χ3v) is 10.0. The van der Waals surface area contributed by atoms with Crippen LogP contribution in [0.1, 0.15) is 37.7 Å². The van der Waals surface area contributed by atoms with Crippen molar-refractivity contribution < 1.29 is 27.4 Å². The van der Waals surface area contributed by atoms with E-state index in [4.69, 9.17) is 16.1 Å². The van der Waals surface area contributed by atoms with Gasteiger partial charge >= 0.3 is 6.01 Å². The van der Waals surface area contributed by atoms with Crippen LogP contribution in [0.25, 0.3) is 32.9 Å². The minimum Gasteiger partial charge on any atom is -0.508 e. The minimum absolute atomic E-state index is 0.0228. The lowest BCUT2D eigenvalue weighted by molar-refractivity contribution is 0.108. The Morgan fingerprint density at radius 2 is 1.98 bits per heavy atom. The number of terminal acetylenes is 1. The van der Waals surface area contributed by atoms with Crippen molar-refractivity contribution in [2.24, 2.45) is 0 Å². The number of nitrogens with zero attached hydrogens (tertiary/aromatic N) is 5. The summed E-state index contributed by atoms with van der Waals surface area (Å²) in [5.74, 6) is 1.17. The number of hydrogen-bond acceptors (Lipinski definition) is 8. The van der Waals surface area contributed by atoms with Crippen molar-refractivity contribution in [1.82, 2.24) is 25.2 Å². The maximum Gasteiger partial charge on any atom is 0.319 e. The number of ether oxygens (including phenoxy) is 1. The minimum atomic E-state index is -1.65. The lowest BCUT2D eigenvalue weighted by Gasteiger charge is -2.35. The Hall–Kier alpha value is -4.47. The zero-order valence-corrected chi connectivity index (χ0v) is 24.8. The summed E-state index contributed by atoms with van der Waals surface area (Å²) in [5, 5.41) is 15.1. The van der Waals surface area contributed by atoms with E-state index in [1.807, 2.05) is 4.90 Å². The molecule has 12 heteroatoms. The molecule has 3 aliphatic heterocycles.